The summed E-state index contributed by atoms with van der Waals surface area (Å²) >= 11 is 0. The van der Waals surface area contributed by atoms with Gasteiger partial charge in [-0.3, -0.25) is 4.79 Å². The molecule has 5 rings (SSSR count). The SMILES string of the molecule is COC(=O)C1C=CC(C)n2c(OC)c(Cc3ccc(-c4ccccc4-c4nnn[nH]4)cc3)c(=O)n21. The van der Waals surface area contributed by atoms with Crippen LogP contribution < -0.4 is 10.3 Å². The number of rotatable bonds is 6. The van der Waals surface area contributed by atoms with Crippen molar-refractivity contribution < 1.29 is 14.3 Å². The quantitative estimate of drug-likeness (QED) is 0.339. The van der Waals surface area contributed by atoms with Crippen molar-refractivity contribution in [3.05, 3.63) is 82.2 Å². The van der Waals surface area contributed by atoms with Gasteiger partial charge in [0, 0.05) is 12.0 Å². The van der Waals surface area contributed by atoms with Crippen molar-refractivity contribution in [2.45, 2.75) is 25.4 Å². The van der Waals surface area contributed by atoms with Crippen LogP contribution >= 0.6 is 0 Å². The van der Waals surface area contributed by atoms with Crippen molar-refractivity contribution >= 4 is 5.97 Å². The summed E-state index contributed by atoms with van der Waals surface area (Å²) in [5, 5.41) is 14.2. The molecule has 0 saturated carbocycles. The second-order valence-electron chi connectivity index (χ2n) is 8.24. The van der Waals surface area contributed by atoms with Crippen LogP contribution in [0.25, 0.3) is 22.5 Å². The van der Waals surface area contributed by atoms with E-state index in [1.807, 2.05) is 61.5 Å². The van der Waals surface area contributed by atoms with E-state index in [0.29, 0.717) is 23.7 Å². The van der Waals surface area contributed by atoms with Gasteiger partial charge in [-0.15, -0.1) is 5.10 Å². The second kappa shape index (κ2) is 9.05. The molecule has 10 nitrogen and oxygen atoms in total. The minimum absolute atomic E-state index is 0.156. The maximum atomic E-state index is 13.4. The lowest BCUT2D eigenvalue weighted by Gasteiger charge is -2.25. The highest BCUT2D eigenvalue weighted by molar-refractivity contribution is 5.80. The second-order valence-corrected chi connectivity index (χ2v) is 8.24. The Morgan fingerprint density at radius 1 is 1.03 bits per heavy atom. The van der Waals surface area contributed by atoms with Crippen LogP contribution in [0.5, 0.6) is 5.88 Å². The fourth-order valence-corrected chi connectivity index (χ4v) is 4.52. The van der Waals surface area contributed by atoms with Gasteiger partial charge in [0.15, 0.2) is 11.9 Å². The molecule has 1 aliphatic heterocycles. The number of H-pyrrole nitrogens is 1. The summed E-state index contributed by atoms with van der Waals surface area (Å²) in [7, 11) is 2.84. The summed E-state index contributed by atoms with van der Waals surface area (Å²) in [5.41, 5.74) is 4.00. The summed E-state index contributed by atoms with van der Waals surface area (Å²) < 4.78 is 13.7. The van der Waals surface area contributed by atoms with E-state index >= 15 is 0 Å². The molecule has 0 bridgehead atoms. The number of aromatic nitrogens is 6. The van der Waals surface area contributed by atoms with Gasteiger partial charge in [-0.05, 0) is 34.0 Å². The van der Waals surface area contributed by atoms with E-state index in [-0.39, 0.29) is 11.6 Å². The Labute approximate surface area is 200 Å². The van der Waals surface area contributed by atoms with Crippen molar-refractivity contribution in [3.8, 4) is 28.4 Å². The van der Waals surface area contributed by atoms with Gasteiger partial charge in [-0.1, -0.05) is 60.7 Å². The molecular formula is C25H24N6O4. The molecule has 4 aromatic rings. The highest BCUT2D eigenvalue weighted by Crippen LogP contribution is 2.32. The predicted molar refractivity (Wildman–Crippen MR) is 128 cm³/mol. The van der Waals surface area contributed by atoms with E-state index in [1.54, 1.807) is 10.8 Å². The summed E-state index contributed by atoms with van der Waals surface area (Å²) in [4.78, 5) is 25.8. The number of hydrogen-bond acceptors (Lipinski definition) is 7. The highest BCUT2D eigenvalue weighted by atomic mass is 16.5. The summed E-state index contributed by atoms with van der Waals surface area (Å²) in [6.45, 7) is 1.93. The first-order chi connectivity index (χ1) is 17.0. The van der Waals surface area contributed by atoms with Gasteiger partial charge in [-0.2, -0.15) is 0 Å². The number of nitrogens with zero attached hydrogens (tertiary/aromatic N) is 5. The van der Waals surface area contributed by atoms with E-state index in [4.69, 9.17) is 9.47 Å². The summed E-state index contributed by atoms with van der Waals surface area (Å²) in [6.07, 6.45) is 3.91. The van der Waals surface area contributed by atoms with E-state index in [2.05, 4.69) is 20.6 Å². The Kier molecular flexibility index (Phi) is 5.77. The lowest BCUT2D eigenvalue weighted by molar-refractivity contribution is -0.143. The number of benzene rings is 2. The lowest BCUT2D eigenvalue weighted by atomic mass is 9.97. The minimum Gasteiger partial charge on any atom is -0.481 e. The van der Waals surface area contributed by atoms with Crippen LogP contribution in [0.15, 0.2) is 65.5 Å². The third-order valence-electron chi connectivity index (χ3n) is 6.20. The number of carbonyl (C=O) groups is 1. The number of tetrazole rings is 1. The Bertz CT molecular complexity index is 1450. The van der Waals surface area contributed by atoms with Gasteiger partial charge < -0.3 is 9.47 Å². The molecule has 0 spiro atoms. The zero-order chi connectivity index (χ0) is 24.5. The molecular weight excluding hydrogens is 448 g/mol. The summed E-state index contributed by atoms with van der Waals surface area (Å²) in [6, 6.07) is 14.8. The smallest absolute Gasteiger partial charge is 0.334 e. The predicted octanol–water partition coefficient (Wildman–Crippen LogP) is 2.94. The van der Waals surface area contributed by atoms with E-state index in [9.17, 15) is 9.59 Å². The van der Waals surface area contributed by atoms with Crippen molar-refractivity contribution in [1.29, 1.82) is 0 Å². The largest absolute Gasteiger partial charge is 0.481 e. The van der Waals surface area contributed by atoms with Crippen molar-refractivity contribution in [3.63, 3.8) is 0 Å². The minimum atomic E-state index is -0.837. The molecule has 35 heavy (non-hydrogen) atoms. The number of methoxy groups -OCH3 is 2. The molecule has 2 atom stereocenters. The molecule has 10 heteroatoms. The molecule has 2 unspecified atom stereocenters. The first-order valence-corrected chi connectivity index (χ1v) is 11.1. The maximum Gasteiger partial charge on any atom is 0.334 e. The standard InChI is InChI=1S/C25H24N6O4/c1-15-8-13-21(25(33)35-3)31-23(32)20(24(34-2)30(15)31)14-16-9-11-17(12-10-16)18-6-4-5-7-19(18)22-26-28-29-27-22/h4-13,15,21H,14H2,1-3H3,(H,26,27,28,29). The number of ether oxygens (including phenoxy) is 2. The fraction of sp³-hybridized carbons (Fsp3) is 0.240. The van der Waals surface area contributed by atoms with E-state index < -0.39 is 12.0 Å². The molecule has 0 radical (unpaired) electrons. The number of nitrogens with one attached hydrogen (secondary N) is 1. The van der Waals surface area contributed by atoms with Gasteiger partial charge >= 0.3 is 5.97 Å². The van der Waals surface area contributed by atoms with Crippen molar-refractivity contribution in [1.82, 2.24) is 30.0 Å². The van der Waals surface area contributed by atoms with Gasteiger partial charge in [0.2, 0.25) is 5.88 Å². The van der Waals surface area contributed by atoms with Crippen molar-refractivity contribution in [2.24, 2.45) is 0 Å². The van der Waals surface area contributed by atoms with Gasteiger partial charge in [0.25, 0.3) is 5.56 Å². The van der Waals surface area contributed by atoms with Crippen molar-refractivity contribution in [2.75, 3.05) is 14.2 Å². The van der Waals surface area contributed by atoms with Crippen LogP contribution in [-0.4, -0.2) is 50.2 Å². The van der Waals surface area contributed by atoms with Gasteiger partial charge in [-0.25, -0.2) is 19.3 Å². The molecule has 2 aromatic carbocycles. The molecule has 1 aliphatic rings. The topological polar surface area (TPSA) is 117 Å². The molecule has 3 heterocycles. The first-order valence-electron chi connectivity index (χ1n) is 11.1. The lowest BCUT2D eigenvalue weighted by Crippen LogP contribution is -2.36. The zero-order valence-electron chi connectivity index (χ0n) is 19.5. The zero-order valence-corrected chi connectivity index (χ0v) is 19.5. The monoisotopic (exact) mass is 472 g/mol. The molecule has 0 saturated heterocycles. The molecule has 0 amide bonds. The average molecular weight is 473 g/mol. The molecule has 1 N–H and O–H groups in total. The third kappa shape index (κ3) is 3.82. The number of hydrogen-bond donors (Lipinski definition) is 1. The summed E-state index contributed by atoms with van der Waals surface area (Å²) in [5.74, 6) is 0.519. The van der Waals surface area contributed by atoms with E-state index in [0.717, 1.165) is 22.3 Å². The normalized spacial score (nSPS) is 16.7. The Morgan fingerprint density at radius 3 is 2.43 bits per heavy atom. The number of carbonyl (C=O) groups excluding carboxylic acids is 1. The number of esters is 1. The fourth-order valence-electron chi connectivity index (χ4n) is 4.52. The van der Waals surface area contributed by atoms with Gasteiger partial charge in [0.05, 0.1) is 25.8 Å². The van der Waals surface area contributed by atoms with Crippen LogP contribution in [0.3, 0.4) is 0 Å². The number of aromatic amines is 1. The van der Waals surface area contributed by atoms with Crippen LogP contribution in [0.4, 0.5) is 0 Å². The maximum absolute atomic E-state index is 13.4. The van der Waals surface area contributed by atoms with Gasteiger partial charge in [0.1, 0.15) is 0 Å². The molecule has 0 fully saturated rings. The van der Waals surface area contributed by atoms with E-state index in [1.165, 1.54) is 18.9 Å². The molecule has 0 aliphatic carbocycles. The molecule has 178 valence electrons. The number of allylic oxidation sites excluding steroid dienone is 1. The molecule has 2 aromatic heterocycles. The number of fused-ring (bicyclic) bond motifs is 1. The van der Waals surface area contributed by atoms with Crippen LogP contribution in [0, 0.1) is 0 Å². The Hall–Kier alpha value is -4.47. The Morgan fingerprint density at radius 2 is 1.77 bits per heavy atom. The average Bonchev–Trinajstić information content (AvgIpc) is 3.52. The Balaban J connectivity index is 1.50. The first kappa shape index (κ1) is 22.3. The van der Waals surface area contributed by atoms with Crippen LogP contribution in [0.1, 0.15) is 30.1 Å². The third-order valence-corrected chi connectivity index (χ3v) is 6.20. The van der Waals surface area contributed by atoms with Crippen LogP contribution in [0.2, 0.25) is 0 Å². The van der Waals surface area contributed by atoms with Crippen LogP contribution in [-0.2, 0) is 16.0 Å². The highest BCUT2D eigenvalue weighted by Gasteiger charge is 2.33.